The molecule has 7 heteroatoms. The van der Waals surface area contributed by atoms with Crippen LogP contribution in [0.15, 0.2) is 164 Å². The molecule has 0 saturated carbocycles. The third kappa shape index (κ3) is 4.54. The monoisotopic (exact) mass is 684 g/mol. The number of ether oxygens (including phenoxy) is 2. The fourth-order valence-electron chi connectivity index (χ4n) is 7.68. The lowest BCUT2D eigenvalue weighted by molar-refractivity contribution is 0.434. The number of fused-ring (bicyclic) bond motifs is 7. The Balaban J connectivity index is 1.10. The maximum Gasteiger partial charge on any atom is 0.235 e. The smallest absolute Gasteiger partial charge is 0.235 e. The van der Waals surface area contributed by atoms with Crippen molar-refractivity contribution in [2.24, 2.45) is 0 Å². The zero-order chi connectivity index (χ0) is 35.0. The van der Waals surface area contributed by atoms with Crippen molar-refractivity contribution < 1.29 is 14.6 Å². The number of phenolic OH excluding ortho intramolecular Hbond substituents is 1. The normalized spacial score (nSPS) is 12.5. The molecule has 11 rings (SSSR count). The van der Waals surface area contributed by atoms with Crippen LogP contribution in [0.4, 0.5) is 17.1 Å². The molecular weight excluding hydrogens is 657 g/mol. The Hall–Kier alpha value is -7.38. The van der Waals surface area contributed by atoms with Crippen LogP contribution >= 0.6 is 0 Å². The molecule has 53 heavy (non-hydrogen) atoms. The van der Waals surface area contributed by atoms with Gasteiger partial charge in [-0.2, -0.15) is 0 Å². The molecule has 2 aliphatic heterocycles. The van der Waals surface area contributed by atoms with E-state index < -0.39 is 0 Å². The van der Waals surface area contributed by atoms with E-state index in [1.165, 1.54) is 0 Å². The van der Waals surface area contributed by atoms with E-state index in [2.05, 4.69) is 89.5 Å². The first-order chi connectivity index (χ1) is 26.2. The summed E-state index contributed by atoms with van der Waals surface area (Å²) in [6, 6.07) is 54.7. The number of hydrogen-bond acceptors (Lipinski definition) is 6. The summed E-state index contributed by atoms with van der Waals surface area (Å²) in [5.74, 6) is 3.30. The van der Waals surface area contributed by atoms with Crippen LogP contribution in [0.5, 0.6) is 28.7 Å². The van der Waals surface area contributed by atoms with Crippen LogP contribution in [0.25, 0.3) is 61.4 Å². The van der Waals surface area contributed by atoms with Crippen molar-refractivity contribution in [3.05, 3.63) is 164 Å². The van der Waals surface area contributed by atoms with Crippen LogP contribution in [-0.4, -0.2) is 19.6 Å². The maximum absolute atomic E-state index is 11.0. The fourth-order valence-corrected chi connectivity index (χ4v) is 7.68. The molecule has 0 fully saturated rings. The molecule has 250 valence electrons. The predicted octanol–water partition coefficient (Wildman–Crippen LogP) is 12.0. The average molecular weight is 685 g/mol. The molecule has 9 aromatic rings. The number of anilines is 3. The summed E-state index contributed by atoms with van der Waals surface area (Å²) in [6.07, 6.45) is 0. The number of aromatic hydroxyl groups is 1. The van der Waals surface area contributed by atoms with Crippen molar-refractivity contribution in [2.45, 2.75) is 0 Å². The number of benzene rings is 7. The van der Waals surface area contributed by atoms with Crippen molar-refractivity contribution in [2.75, 3.05) is 4.90 Å². The molecule has 2 aliphatic rings. The van der Waals surface area contributed by atoms with E-state index in [0.29, 0.717) is 34.6 Å². The van der Waals surface area contributed by atoms with Gasteiger partial charge in [0.2, 0.25) is 5.95 Å². The van der Waals surface area contributed by atoms with E-state index in [9.17, 15) is 5.11 Å². The van der Waals surface area contributed by atoms with Crippen LogP contribution in [-0.2, 0) is 0 Å². The third-order valence-electron chi connectivity index (χ3n) is 10.1. The molecule has 0 bridgehead atoms. The molecule has 1 N–H and O–H groups in total. The van der Waals surface area contributed by atoms with Gasteiger partial charge in [0.1, 0.15) is 17.1 Å². The van der Waals surface area contributed by atoms with Gasteiger partial charge >= 0.3 is 0 Å². The Bertz CT molecular complexity index is 2850. The van der Waals surface area contributed by atoms with Crippen LogP contribution in [0.1, 0.15) is 0 Å². The molecular formula is C46H28N4O3. The predicted molar refractivity (Wildman–Crippen MR) is 209 cm³/mol. The van der Waals surface area contributed by atoms with E-state index in [0.717, 1.165) is 66.8 Å². The van der Waals surface area contributed by atoms with E-state index in [1.54, 1.807) is 12.1 Å². The van der Waals surface area contributed by atoms with Gasteiger partial charge in [-0.3, -0.25) is 9.47 Å². The number of phenols is 1. The van der Waals surface area contributed by atoms with Crippen molar-refractivity contribution in [3.63, 3.8) is 0 Å². The van der Waals surface area contributed by atoms with Gasteiger partial charge in [-0.1, -0.05) is 103 Å². The van der Waals surface area contributed by atoms with E-state index in [4.69, 9.17) is 19.4 Å². The van der Waals surface area contributed by atoms with Gasteiger partial charge in [0, 0.05) is 21.9 Å². The van der Waals surface area contributed by atoms with Gasteiger partial charge in [0.05, 0.1) is 28.1 Å². The minimum atomic E-state index is 0.135. The second kappa shape index (κ2) is 11.3. The fraction of sp³-hybridized carbons (Fsp3) is 0. The van der Waals surface area contributed by atoms with Crippen molar-refractivity contribution in [1.82, 2.24) is 14.5 Å². The number of rotatable bonds is 4. The first kappa shape index (κ1) is 29.4. The van der Waals surface area contributed by atoms with Crippen LogP contribution in [0, 0.1) is 0 Å². The minimum absolute atomic E-state index is 0.135. The third-order valence-corrected chi connectivity index (χ3v) is 10.1. The maximum atomic E-state index is 11.0. The lowest BCUT2D eigenvalue weighted by Crippen LogP contribution is -2.20. The molecule has 7 aromatic carbocycles. The SMILES string of the molecule is Oc1cccc2c1N1c3ccccc3Oc3cc(-c4ccc5c(c4)c4ccccc4n5-c4nc(-c5ccccc5)cc(-c5ccccc5)n4)cc(c31)O2. The lowest BCUT2D eigenvalue weighted by atomic mass is 9.99. The van der Waals surface area contributed by atoms with Gasteiger partial charge < -0.3 is 14.6 Å². The Morgan fingerprint density at radius 1 is 0.434 bits per heavy atom. The van der Waals surface area contributed by atoms with Gasteiger partial charge in [0.25, 0.3) is 0 Å². The average Bonchev–Trinajstić information content (AvgIpc) is 3.55. The zero-order valence-electron chi connectivity index (χ0n) is 28.1. The van der Waals surface area contributed by atoms with Gasteiger partial charge in [-0.15, -0.1) is 0 Å². The van der Waals surface area contributed by atoms with Crippen LogP contribution < -0.4 is 14.4 Å². The Labute approximate surface area is 304 Å². The highest BCUT2D eigenvalue weighted by atomic mass is 16.5. The number of para-hydroxylation sites is 4. The number of hydrogen-bond donors (Lipinski definition) is 1. The molecule has 4 heterocycles. The summed E-state index contributed by atoms with van der Waals surface area (Å²) in [6.45, 7) is 0. The number of nitrogens with zero attached hydrogens (tertiary/aromatic N) is 4. The standard InChI is InChI=1S/C46H28N4O3/c51-39-19-11-21-41-44(39)50-38-18-9-10-20-40(38)52-42-25-31(26-43(53-41)45(42)50)30-22-23-37-33(24-30)32-16-7-8-17-36(32)49(37)46-47-34(28-12-3-1-4-13-28)27-35(48-46)29-14-5-2-6-15-29/h1-27,51H. The van der Waals surface area contributed by atoms with E-state index >= 15 is 0 Å². The largest absolute Gasteiger partial charge is 0.506 e. The first-order valence-corrected chi connectivity index (χ1v) is 17.5. The zero-order valence-corrected chi connectivity index (χ0v) is 28.1. The summed E-state index contributed by atoms with van der Waals surface area (Å²) >= 11 is 0. The van der Waals surface area contributed by atoms with Gasteiger partial charge in [-0.05, 0) is 71.8 Å². The molecule has 2 aromatic heterocycles. The summed E-state index contributed by atoms with van der Waals surface area (Å²) in [4.78, 5) is 12.4. The summed E-state index contributed by atoms with van der Waals surface area (Å²) in [5.41, 5.74) is 9.88. The van der Waals surface area contributed by atoms with Gasteiger partial charge in [0.15, 0.2) is 23.0 Å². The van der Waals surface area contributed by atoms with Crippen LogP contribution in [0.3, 0.4) is 0 Å². The van der Waals surface area contributed by atoms with E-state index in [1.807, 2.05) is 71.6 Å². The minimum Gasteiger partial charge on any atom is -0.506 e. The Kier molecular flexibility index (Phi) is 6.27. The molecule has 0 atom stereocenters. The quantitative estimate of drug-likeness (QED) is 0.199. The van der Waals surface area contributed by atoms with Crippen LogP contribution in [0.2, 0.25) is 0 Å². The summed E-state index contributed by atoms with van der Waals surface area (Å²) < 4.78 is 15.2. The van der Waals surface area contributed by atoms with Crippen molar-refractivity contribution in [3.8, 4) is 68.3 Å². The Morgan fingerprint density at radius 3 is 1.81 bits per heavy atom. The highest BCUT2D eigenvalue weighted by Gasteiger charge is 2.36. The lowest BCUT2D eigenvalue weighted by Gasteiger charge is -2.38. The van der Waals surface area contributed by atoms with Crippen molar-refractivity contribution in [1.29, 1.82) is 0 Å². The second-order valence-corrected chi connectivity index (χ2v) is 13.2. The molecule has 0 saturated heterocycles. The van der Waals surface area contributed by atoms with E-state index in [-0.39, 0.29) is 5.75 Å². The number of aromatic nitrogens is 3. The molecule has 0 aliphatic carbocycles. The topological polar surface area (TPSA) is 72.6 Å². The first-order valence-electron chi connectivity index (χ1n) is 17.5. The van der Waals surface area contributed by atoms with Gasteiger partial charge in [-0.25, -0.2) is 9.97 Å². The molecule has 0 radical (unpaired) electrons. The Morgan fingerprint density at radius 2 is 1.06 bits per heavy atom. The van der Waals surface area contributed by atoms with Crippen molar-refractivity contribution >= 4 is 38.9 Å². The highest BCUT2D eigenvalue weighted by Crippen LogP contribution is 2.62. The highest BCUT2D eigenvalue weighted by molar-refractivity contribution is 6.10. The summed E-state index contributed by atoms with van der Waals surface area (Å²) in [7, 11) is 0. The molecule has 0 spiro atoms. The summed E-state index contributed by atoms with van der Waals surface area (Å²) in [5, 5.41) is 13.2. The molecule has 0 amide bonds. The molecule has 0 unspecified atom stereocenters. The molecule has 7 nitrogen and oxygen atoms in total. The second-order valence-electron chi connectivity index (χ2n) is 13.2.